The van der Waals surface area contributed by atoms with E-state index in [0.717, 1.165) is 18.4 Å². The van der Waals surface area contributed by atoms with Gasteiger partial charge in [0.25, 0.3) is 0 Å². The Morgan fingerprint density at radius 1 is 1.20 bits per heavy atom. The van der Waals surface area contributed by atoms with Crippen LogP contribution < -0.4 is 10.1 Å². The predicted octanol–water partition coefficient (Wildman–Crippen LogP) is 2.83. The molecule has 1 N–H and O–H groups in total. The molecule has 1 atom stereocenters. The lowest BCUT2D eigenvalue weighted by atomic mass is 9.94. The number of hydrogen-bond donors (Lipinski definition) is 1. The highest BCUT2D eigenvalue weighted by atomic mass is 16.5. The normalized spacial score (nSPS) is 17.5. The summed E-state index contributed by atoms with van der Waals surface area (Å²) in [6.45, 7) is 0. The van der Waals surface area contributed by atoms with Crippen molar-refractivity contribution in [2.45, 2.75) is 44.2 Å². The molecule has 1 aromatic rings. The summed E-state index contributed by atoms with van der Waals surface area (Å²) in [6.07, 6.45) is 5.95. The van der Waals surface area contributed by atoms with Crippen LogP contribution in [-0.4, -0.2) is 26.2 Å². The van der Waals surface area contributed by atoms with E-state index < -0.39 is 6.04 Å². The van der Waals surface area contributed by atoms with E-state index >= 15 is 0 Å². The Bertz CT molecular complexity index is 441. The molecule has 0 radical (unpaired) electrons. The van der Waals surface area contributed by atoms with Gasteiger partial charge in [0, 0.05) is 11.6 Å². The number of para-hydroxylation sites is 1. The van der Waals surface area contributed by atoms with E-state index in [1.165, 1.54) is 26.4 Å². The van der Waals surface area contributed by atoms with Gasteiger partial charge < -0.3 is 9.47 Å². The highest BCUT2D eigenvalue weighted by Gasteiger charge is 2.27. The molecule has 1 fully saturated rings. The summed E-state index contributed by atoms with van der Waals surface area (Å²) < 4.78 is 10.3. The number of ether oxygens (including phenoxy) is 2. The van der Waals surface area contributed by atoms with Crippen molar-refractivity contribution < 1.29 is 14.3 Å². The number of carbonyl (C=O) groups excluding carboxylic acids is 1. The number of nitrogens with one attached hydrogen (secondary N) is 1. The monoisotopic (exact) mass is 277 g/mol. The molecule has 0 aliphatic heterocycles. The Kier molecular flexibility index (Phi) is 5.41. The number of benzene rings is 1. The summed E-state index contributed by atoms with van der Waals surface area (Å²) in [7, 11) is 3.04. The number of methoxy groups -OCH3 is 2. The van der Waals surface area contributed by atoms with Gasteiger partial charge in [0.15, 0.2) is 0 Å². The van der Waals surface area contributed by atoms with Gasteiger partial charge in [-0.3, -0.25) is 5.32 Å². The fourth-order valence-corrected chi connectivity index (χ4v) is 2.81. The third-order valence-corrected chi connectivity index (χ3v) is 3.89. The molecule has 0 bridgehead atoms. The van der Waals surface area contributed by atoms with Gasteiger partial charge in [-0.25, -0.2) is 4.79 Å². The highest BCUT2D eigenvalue weighted by molar-refractivity contribution is 5.78. The van der Waals surface area contributed by atoms with E-state index in [2.05, 4.69) is 5.32 Å². The van der Waals surface area contributed by atoms with E-state index in [1.54, 1.807) is 7.11 Å². The number of esters is 1. The molecule has 0 saturated heterocycles. The molecule has 20 heavy (non-hydrogen) atoms. The maximum Gasteiger partial charge on any atom is 0.327 e. The van der Waals surface area contributed by atoms with Crippen LogP contribution in [0.4, 0.5) is 0 Å². The standard InChI is InChI=1S/C16H23NO3/c1-19-14-11-7-6-10-13(14)15(16(18)20-2)17-12-8-4-3-5-9-12/h6-7,10-12,15,17H,3-5,8-9H2,1-2H3. The van der Waals surface area contributed by atoms with Crippen molar-refractivity contribution in [2.75, 3.05) is 14.2 Å². The van der Waals surface area contributed by atoms with Gasteiger partial charge in [-0.05, 0) is 18.9 Å². The van der Waals surface area contributed by atoms with Crippen LogP contribution >= 0.6 is 0 Å². The molecule has 0 amide bonds. The smallest absolute Gasteiger partial charge is 0.327 e. The van der Waals surface area contributed by atoms with Gasteiger partial charge in [0.1, 0.15) is 11.8 Å². The molecule has 1 aromatic carbocycles. The lowest BCUT2D eigenvalue weighted by Gasteiger charge is -2.28. The Balaban J connectivity index is 2.20. The molecule has 1 saturated carbocycles. The van der Waals surface area contributed by atoms with Crippen molar-refractivity contribution in [3.63, 3.8) is 0 Å². The zero-order valence-corrected chi connectivity index (χ0v) is 12.2. The molecule has 2 rings (SSSR count). The van der Waals surface area contributed by atoms with Crippen LogP contribution in [0, 0.1) is 0 Å². The summed E-state index contributed by atoms with van der Waals surface area (Å²) in [5.41, 5.74) is 0.840. The van der Waals surface area contributed by atoms with Crippen molar-refractivity contribution in [2.24, 2.45) is 0 Å². The topological polar surface area (TPSA) is 47.6 Å². The predicted molar refractivity (Wildman–Crippen MR) is 77.8 cm³/mol. The number of hydrogen-bond acceptors (Lipinski definition) is 4. The van der Waals surface area contributed by atoms with Crippen molar-refractivity contribution >= 4 is 5.97 Å². The van der Waals surface area contributed by atoms with Gasteiger partial charge in [0.05, 0.1) is 14.2 Å². The van der Waals surface area contributed by atoms with Crippen molar-refractivity contribution in [1.29, 1.82) is 0 Å². The van der Waals surface area contributed by atoms with E-state index in [0.29, 0.717) is 11.8 Å². The van der Waals surface area contributed by atoms with Crippen LogP contribution in [0.2, 0.25) is 0 Å². The second-order valence-corrected chi connectivity index (χ2v) is 5.20. The fraction of sp³-hybridized carbons (Fsp3) is 0.562. The Morgan fingerprint density at radius 2 is 1.90 bits per heavy atom. The van der Waals surface area contributed by atoms with Crippen LogP contribution in [0.1, 0.15) is 43.7 Å². The second kappa shape index (κ2) is 7.29. The van der Waals surface area contributed by atoms with Crippen LogP contribution in [0.5, 0.6) is 5.75 Å². The first kappa shape index (κ1) is 14.9. The average Bonchev–Trinajstić information content (AvgIpc) is 2.53. The van der Waals surface area contributed by atoms with Gasteiger partial charge in [-0.15, -0.1) is 0 Å². The van der Waals surface area contributed by atoms with Crippen LogP contribution in [0.15, 0.2) is 24.3 Å². The molecule has 1 aliphatic rings. The van der Waals surface area contributed by atoms with Crippen LogP contribution in [0.25, 0.3) is 0 Å². The third-order valence-electron chi connectivity index (χ3n) is 3.89. The maximum atomic E-state index is 12.1. The Labute approximate surface area is 120 Å². The molecule has 0 spiro atoms. The lowest BCUT2D eigenvalue weighted by molar-refractivity contribution is -0.143. The maximum absolute atomic E-state index is 12.1. The lowest BCUT2D eigenvalue weighted by Crippen LogP contribution is -2.38. The van der Waals surface area contributed by atoms with E-state index in [9.17, 15) is 4.79 Å². The first-order chi connectivity index (χ1) is 9.76. The summed E-state index contributed by atoms with van der Waals surface area (Å²) >= 11 is 0. The summed E-state index contributed by atoms with van der Waals surface area (Å²) in [5, 5.41) is 3.44. The number of rotatable bonds is 5. The summed E-state index contributed by atoms with van der Waals surface area (Å²) in [5.74, 6) is 0.450. The second-order valence-electron chi connectivity index (χ2n) is 5.20. The Morgan fingerprint density at radius 3 is 2.55 bits per heavy atom. The first-order valence-electron chi connectivity index (χ1n) is 7.23. The minimum absolute atomic E-state index is 0.264. The largest absolute Gasteiger partial charge is 0.496 e. The SMILES string of the molecule is COC(=O)C(NC1CCCCC1)c1ccccc1OC. The summed E-state index contributed by atoms with van der Waals surface area (Å²) in [6, 6.07) is 7.51. The van der Waals surface area contributed by atoms with Gasteiger partial charge in [-0.2, -0.15) is 0 Å². The zero-order chi connectivity index (χ0) is 14.4. The third kappa shape index (κ3) is 3.51. The van der Waals surface area contributed by atoms with Gasteiger partial charge in [-0.1, -0.05) is 37.5 Å². The number of carbonyl (C=O) groups is 1. The van der Waals surface area contributed by atoms with Crippen molar-refractivity contribution in [3.8, 4) is 5.75 Å². The quantitative estimate of drug-likeness (QED) is 0.841. The summed E-state index contributed by atoms with van der Waals surface area (Å²) in [4.78, 5) is 12.1. The molecule has 4 heteroatoms. The molecule has 110 valence electrons. The highest BCUT2D eigenvalue weighted by Crippen LogP contribution is 2.28. The molecular formula is C16H23NO3. The van der Waals surface area contributed by atoms with Crippen LogP contribution in [-0.2, 0) is 9.53 Å². The van der Waals surface area contributed by atoms with Crippen molar-refractivity contribution in [1.82, 2.24) is 5.32 Å². The van der Waals surface area contributed by atoms with E-state index in [4.69, 9.17) is 9.47 Å². The van der Waals surface area contributed by atoms with E-state index in [1.807, 2.05) is 24.3 Å². The molecule has 0 heterocycles. The molecular weight excluding hydrogens is 254 g/mol. The Hall–Kier alpha value is -1.55. The zero-order valence-electron chi connectivity index (χ0n) is 12.2. The van der Waals surface area contributed by atoms with Gasteiger partial charge in [0.2, 0.25) is 0 Å². The minimum Gasteiger partial charge on any atom is -0.496 e. The van der Waals surface area contributed by atoms with Gasteiger partial charge >= 0.3 is 5.97 Å². The van der Waals surface area contributed by atoms with Crippen LogP contribution in [0.3, 0.4) is 0 Å². The van der Waals surface area contributed by atoms with E-state index in [-0.39, 0.29) is 5.97 Å². The molecule has 1 aliphatic carbocycles. The molecule has 0 aromatic heterocycles. The fourth-order valence-electron chi connectivity index (χ4n) is 2.81. The van der Waals surface area contributed by atoms with Crippen molar-refractivity contribution in [3.05, 3.63) is 29.8 Å². The molecule has 1 unspecified atom stereocenters. The molecule has 4 nitrogen and oxygen atoms in total. The average molecular weight is 277 g/mol. The first-order valence-corrected chi connectivity index (χ1v) is 7.23. The minimum atomic E-state index is -0.459.